The van der Waals surface area contributed by atoms with Crippen LogP contribution in [-0.4, -0.2) is 0 Å². The number of hydrogen-bond donors (Lipinski definition) is 0. The van der Waals surface area contributed by atoms with Gasteiger partial charge >= 0.3 is 0 Å². The maximum absolute atomic E-state index is 6.68. The number of nitrogens with zero attached hydrogens (tertiary/aromatic N) is 1. The maximum atomic E-state index is 6.68. The molecule has 2 heterocycles. The fourth-order valence-corrected chi connectivity index (χ4v) is 11.4. The Bertz CT molecular complexity index is 4050. The van der Waals surface area contributed by atoms with E-state index in [1.807, 2.05) is 12.1 Å². The molecule has 0 unspecified atom stereocenters. The molecular formula is C65H41NO2. The van der Waals surface area contributed by atoms with Crippen molar-refractivity contribution in [3.8, 4) is 33.4 Å². The highest BCUT2D eigenvalue weighted by atomic mass is 16.3. The molecule has 1 aliphatic rings. The van der Waals surface area contributed by atoms with E-state index in [-0.39, 0.29) is 0 Å². The third-order valence-corrected chi connectivity index (χ3v) is 14.3. The van der Waals surface area contributed by atoms with Crippen molar-refractivity contribution in [1.29, 1.82) is 0 Å². The Morgan fingerprint density at radius 3 is 1.71 bits per heavy atom. The minimum Gasteiger partial charge on any atom is -0.456 e. The predicted octanol–water partition coefficient (Wildman–Crippen LogP) is 17.8. The summed E-state index contributed by atoms with van der Waals surface area (Å²) in [5.74, 6) is 0. The molecule has 0 amide bonds. The Morgan fingerprint density at radius 1 is 0.324 bits per heavy atom. The van der Waals surface area contributed by atoms with E-state index in [2.05, 4.69) is 241 Å². The number of furan rings is 2. The monoisotopic (exact) mass is 867 g/mol. The SMILES string of the molecule is c1ccc(C2(c3ccccc3)c3ccccc3-c3c(N(c4ccc(-c5ccc6oc7ccccc7c6c5)cc4)c4ccccc4-c4cccc5oc6cc7ccccc7cc6c45)cccc32)cc1. The van der Waals surface area contributed by atoms with E-state index in [1.165, 1.54) is 38.8 Å². The number of hydrogen-bond acceptors (Lipinski definition) is 3. The van der Waals surface area contributed by atoms with Gasteiger partial charge in [-0.2, -0.15) is 0 Å². The van der Waals surface area contributed by atoms with E-state index in [0.717, 1.165) is 88.6 Å². The molecule has 318 valence electrons. The van der Waals surface area contributed by atoms with E-state index in [1.54, 1.807) is 0 Å². The van der Waals surface area contributed by atoms with Gasteiger partial charge in [0.1, 0.15) is 22.3 Å². The van der Waals surface area contributed by atoms with E-state index in [9.17, 15) is 0 Å². The molecule has 0 spiro atoms. The van der Waals surface area contributed by atoms with Gasteiger partial charge in [0.25, 0.3) is 0 Å². The van der Waals surface area contributed by atoms with Gasteiger partial charge in [0, 0.05) is 38.4 Å². The van der Waals surface area contributed by atoms with Crippen molar-refractivity contribution in [2.75, 3.05) is 4.90 Å². The molecule has 14 rings (SSSR count). The zero-order valence-electron chi connectivity index (χ0n) is 36.9. The van der Waals surface area contributed by atoms with Gasteiger partial charge < -0.3 is 13.7 Å². The molecule has 0 aliphatic heterocycles. The minimum atomic E-state index is -0.556. The first-order valence-electron chi connectivity index (χ1n) is 23.3. The molecule has 0 bridgehead atoms. The highest BCUT2D eigenvalue weighted by Crippen LogP contribution is 2.60. The van der Waals surface area contributed by atoms with E-state index in [4.69, 9.17) is 8.83 Å². The molecule has 0 radical (unpaired) electrons. The van der Waals surface area contributed by atoms with Crippen molar-refractivity contribution >= 4 is 71.7 Å². The van der Waals surface area contributed by atoms with Crippen LogP contribution in [0.3, 0.4) is 0 Å². The van der Waals surface area contributed by atoms with Gasteiger partial charge in [0.2, 0.25) is 0 Å². The Morgan fingerprint density at radius 2 is 0.897 bits per heavy atom. The largest absolute Gasteiger partial charge is 0.456 e. The lowest BCUT2D eigenvalue weighted by atomic mass is 9.68. The Kier molecular flexibility index (Phi) is 8.50. The molecule has 13 aromatic rings. The molecule has 0 atom stereocenters. The van der Waals surface area contributed by atoms with Crippen LogP contribution < -0.4 is 4.90 Å². The van der Waals surface area contributed by atoms with Gasteiger partial charge in [-0.1, -0.05) is 188 Å². The van der Waals surface area contributed by atoms with Crippen LogP contribution in [-0.2, 0) is 5.41 Å². The van der Waals surface area contributed by atoms with Crippen molar-refractivity contribution in [3.63, 3.8) is 0 Å². The molecule has 3 heteroatoms. The summed E-state index contributed by atoms with van der Waals surface area (Å²) in [7, 11) is 0. The normalized spacial score (nSPS) is 12.8. The summed E-state index contributed by atoms with van der Waals surface area (Å²) in [6, 6.07) is 90.3. The second kappa shape index (κ2) is 15.1. The number of fused-ring (bicyclic) bond motifs is 10. The molecule has 0 fully saturated rings. The van der Waals surface area contributed by atoms with Crippen molar-refractivity contribution < 1.29 is 8.83 Å². The maximum Gasteiger partial charge on any atom is 0.136 e. The van der Waals surface area contributed by atoms with E-state index >= 15 is 0 Å². The minimum absolute atomic E-state index is 0.556. The van der Waals surface area contributed by atoms with Crippen LogP contribution in [0.1, 0.15) is 22.3 Å². The second-order valence-electron chi connectivity index (χ2n) is 17.9. The summed E-state index contributed by atoms with van der Waals surface area (Å²) in [5, 5.41) is 6.80. The molecule has 2 aromatic heterocycles. The number of rotatable bonds is 7. The van der Waals surface area contributed by atoms with Gasteiger partial charge in [0.05, 0.1) is 16.8 Å². The van der Waals surface area contributed by atoms with Gasteiger partial charge in [-0.25, -0.2) is 0 Å². The van der Waals surface area contributed by atoms with Crippen molar-refractivity contribution in [2.24, 2.45) is 0 Å². The molecule has 0 saturated heterocycles. The topological polar surface area (TPSA) is 29.5 Å². The summed E-state index contributed by atoms with van der Waals surface area (Å²) in [6.45, 7) is 0. The molecule has 0 saturated carbocycles. The zero-order valence-corrected chi connectivity index (χ0v) is 36.9. The van der Waals surface area contributed by atoms with E-state index < -0.39 is 5.41 Å². The molecular weight excluding hydrogens is 827 g/mol. The predicted molar refractivity (Wildman–Crippen MR) is 281 cm³/mol. The fourth-order valence-electron chi connectivity index (χ4n) is 11.4. The highest BCUT2D eigenvalue weighted by Gasteiger charge is 2.47. The number of para-hydroxylation sites is 2. The Hall–Kier alpha value is -8.92. The smallest absolute Gasteiger partial charge is 0.136 e. The first kappa shape index (κ1) is 38.4. The lowest BCUT2D eigenvalue weighted by molar-refractivity contribution is 0.669. The third-order valence-electron chi connectivity index (χ3n) is 14.3. The molecule has 3 nitrogen and oxygen atoms in total. The van der Waals surface area contributed by atoms with Crippen LogP contribution in [0.4, 0.5) is 17.1 Å². The number of benzene rings is 11. The first-order valence-corrected chi connectivity index (χ1v) is 23.3. The molecule has 0 N–H and O–H groups in total. The summed E-state index contributed by atoms with van der Waals surface area (Å²) in [6.07, 6.45) is 0. The summed E-state index contributed by atoms with van der Waals surface area (Å²) in [5.41, 5.74) is 18.1. The van der Waals surface area contributed by atoms with Gasteiger partial charge in [-0.15, -0.1) is 0 Å². The lowest BCUT2D eigenvalue weighted by Crippen LogP contribution is -2.28. The van der Waals surface area contributed by atoms with Crippen LogP contribution in [0.15, 0.2) is 258 Å². The summed E-state index contributed by atoms with van der Waals surface area (Å²) in [4.78, 5) is 2.49. The van der Waals surface area contributed by atoms with Gasteiger partial charge in [-0.3, -0.25) is 0 Å². The third kappa shape index (κ3) is 5.66. The van der Waals surface area contributed by atoms with Crippen molar-refractivity contribution in [2.45, 2.75) is 5.41 Å². The van der Waals surface area contributed by atoms with Crippen molar-refractivity contribution in [1.82, 2.24) is 0 Å². The quantitative estimate of drug-likeness (QED) is 0.160. The van der Waals surface area contributed by atoms with Crippen LogP contribution >= 0.6 is 0 Å². The van der Waals surface area contributed by atoms with Crippen LogP contribution in [0.25, 0.3) is 88.0 Å². The average Bonchev–Trinajstić information content (AvgIpc) is 4.07. The molecule has 11 aromatic carbocycles. The zero-order chi connectivity index (χ0) is 44.8. The van der Waals surface area contributed by atoms with Crippen LogP contribution in [0.5, 0.6) is 0 Å². The average molecular weight is 868 g/mol. The second-order valence-corrected chi connectivity index (χ2v) is 17.9. The van der Waals surface area contributed by atoms with Crippen molar-refractivity contribution in [3.05, 3.63) is 271 Å². The van der Waals surface area contributed by atoms with E-state index in [0.29, 0.717) is 0 Å². The fraction of sp³-hybridized carbons (Fsp3) is 0.0154. The van der Waals surface area contributed by atoms with Crippen LogP contribution in [0.2, 0.25) is 0 Å². The van der Waals surface area contributed by atoms with Gasteiger partial charge in [0.15, 0.2) is 0 Å². The Labute approximate surface area is 393 Å². The lowest BCUT2D eigenvalue weighted by Gasteiger charge is -2.34. The number of anilines is 3. The molecule has 1 aliphatic carbocycles. The summed E-state index contributed by atoms with van der Waals surface area (Å²) < 4.78 is 12.9. The van der Waals surface area contributed by atoms with Gasteiger partial charge in [-0.05, 0) is 116 Å². The Balaban J connectivity index is 1.03. The summed E-state index contributed by atoms with van der Waals surface area (Å²) >= 11 is 0. The standard InChI is InChI=1S/C65H41NO2/c1-3-19-46(20-4-1)65(47-21-5-2-6-22-47)55-27-12-9-25-52(55)64-56(65)28-16-30-58(64)66(48-36-33-42(34-37-48)45-35-38-60-53(39-45)50-24-11-14-31-59(50)67-60)57-29-13-10-23-49(57)51-26-15-32-61-63(51)54-40-43-17-7-8-18-44(43)41-62(54)68-61/h1-41H. The molecule has 68 heavy (non-hydrogen) atoms. The van der Waals surface area contributed by atoms with Crippen LogP contribution in [0, 0.1) is 0 Å². The first-order chi connectivity index (χ1) is 33.7. The highest BCUT2D eigenvalue weighted by molar-refractivity contribution is 6.17.